The molecule has 9 rings (SSSR count). The summed E-state index contributed by atoms with van der Waals surface area (Å²) in [7, 11) is 0. The van der Waals surface area contributed by atoms with Crippen LogP contribution in [0.4, 0.5) is 0 Å². The molecular formula is C42H26N4O2. The molecule has 0 saturated carbocycles. The molecule has 6 heteroatoms. The first kappa shape index (κ1) is 27.6. The predicted molar refractivity (Wildman–Crippen MR) is 190 cm³/mol. The molecule has 0 spiro atoms. The molecule has 0 saturated heterocycles. The van der Waals surface area contributed by atoms with Gasteiger partial charge in [0, 0.05) is 34.6 Å². The quantitative estimate of drug-likeness (QED) is 0.173. The third kappa shape index (κ3) is 4.84. The van der Waals surface area contributed by atoms with Crippen molar-refractivity contribution in [3.63, 3.8) is 0 Å². The van der Waals surface area contributed by atoms with Crippen molar-refractivity contribution in [2.24, 2.45) is 0 Å². The second-order valence-electron chi connectivity index (χ2n) is 11.6. The van der Waals surface area contributed by atoms with E-state index in [0.717, 1.165) is 77.7 Å². The molecule has 6 nitrogen and oxygen atoms in total. The first-order valence-corrected chi connectivity index (χ1v) is 15.6. The lowest BCUT2D eigenvalue weighted by molar-refractivity contribution is 0.558. The van der Waals surface area contributed by atoms with Crippen molar-refractivity contribution >= 4 is 21.5 Å². The Morgan fingerprint density at radius 2 is 0.812 bits per heavy atom. The Kier molecular flexibility index (Phi) is 6.68. The predicted octanol–water partition coefficient (Wildman–Crippen LogP) is 10.8. The van der Waals surface area contributed by atoms with Crippen LogP contribution in [0.2, 0.25) is 0 Å². The van der Waals surface area contributed by atoms with Gasteiger partial charge in [-0.2, -0.15) is 0 Å². The molecule has 48 heavy (non-hydrogen) atoms. The van der Waals surface area contributed by atoms with E-state index in [1.807, 2.05) is 30.6 Å². The minimum atomic E-state index is 0.761. The molecule has 0 N–H and O–H groups in total. The lowest BCUT2D eigenvalue weighted by Crippen LogP contribution is -1.95. The highest BCUT2D eigenvalue weighted by atomic mass is 16.3. The lowest BCUT2D eigenvalue weighted by atomic mass is 9.86. The van der Waals surface area contributed by atoms with Crippen LogP contribution in [0.1, 0.15) is 0 Å². The second-order valence-corrected chi connectivity index (χ2v) is 11.6. The van der Waals surface area contributed by atoms with Gasteiger partial charge in [-0.15, -0.1) is 0 Å². The van der Waals surface area contributed by atoms with E-state index in [1.54, 1.807) is 12.5 Å². The number of hydrogen-bond acceptors (Lipinski definition) is 6. The molecule has 0 bridgehead atoms. The van der Waals surface area contributed by atoms with E-state index < -0.39 is 0 Å². The van der Waals surface area contributed by atoms with Gasteiger partial charge in [0.2, 0.25) is 0 Å². The van der Waals surface area contributed by atoms with E-state index in [1.165, 1.54) is 23.9 Å². The summed E-state index contributed by atoms with van der Waals surface area (Å²) in [5, 5.41) is 4.31. The largest absolute Gasteiger partial charge is 0.451 e. The Morgan fingerprint density at radius 3 is 1.38 bits per heavy atom. The summed E-state index contributed by atoms with van der Waals surface area (Å²) >= 11 is 0. The highest BCUT2D eigenvalue weighted by Crippen LogP contribution is 2.45. The minimum absolute atomic E-state index is 0.761. The third-order valence-electron chi connectivity index (χ3n) is 8.84. The Balaban J connectivity index is 1.30. The molecule has 0 atom stereocenters. The average molecular weight is 619 g/mol. The first-order valence-electron chi connectivity index (χ1n) is 15.6. The smallest absolute Gasteiger partial charge is 0.181 e. The highest BCUT2D eigenvalue weighted by molar-refractivity contribution is 6.21. The highest BCUT2D eigenvalue weighted by Gasteiger charge is 2.20. The summed E-state index contributed by atoms with van der Waals surface area (Å²) in [6.45, 7) is 0. The van der Waals surface area contributed by atoms with Gasteiger partial charge < -0.3 is 8.83 Å². The zero-order valence-electron chi connectivity index (χ0n) is 25.6. The molecule has 4 heterocycles. The molecule has 0 radical (unpaired) electrons. The molecule has 0 aliphatic heterocycles. The van der Waals surface area contributed by atoms with E-state index in [4.69, 9.17) is 18.8 Å². The average Bonchev–Trinajstić information content (AvgIpc) is 3.90. The topological polar surface area (TPSA) is 77.8 Å². The molecule has 0 aliphatic rings. The number of fused-ring (bicyclic) bond motifs is 2. The molecule has 9 aromatic rings. The zero-order valence-corrected chi connectivity index (χ0v) is 25.6. The van der Waals surface area contributed by atoms with Crippen LogP contribution in [-0.4, -0.2) is 19.9 Å². The molecule has 0 amide bonds. The van der Waals surface area contributed by atoms with Crippen molar-refractivity contribution in [3.8, 4) is 67.3 Å². The van der Waals surface area contributed by atoms with Crippen molar-refractivity contribution < 1.29 is 8.83 Å². The Labute approximate surface area is 276 Å². The van der Waals surface area contributed by atoms with Crippen molar-refractivity contribution in [1.29, 1.82) is 0 Å². The van der Waals surface area contributed by atoms with E-state index in [9.17, 15) is 0 Å². The fourth-order valence-corrected chi connectivity index (χ4v) is 6.56. The molecule has 4 aromatic heterocycles. The van der Waals surface area contributed by atoms with Crippen LogP contribution >= 0.6 is 0 Å². The maximum Gasteiger partial charge on any atom is 0.181 e. The number of benzene rings is 5. The van der Waals surface area contributed by atoms with Crippen molar-refractivity contribution in [2.75, 3.05) is 0 Å². The summed E-state index contributed by atoms with van der Waals surface area (Å²) < 4.78 is 10.6. The number of oxazole rings is 2. The monoisotopic (exact) mass is 618 g/mol. The number of pyridine rings is 2. The van der Waals surface area contributed by atoms with Gasteiger partial charge in [0.1, 0.15) is 23.9 Å². The Bertz CT molecular complexity index is 2540. The molecule has 226 valence electrons. The van der Waals surface area contributed by atoms with Gasteiger partial charge in [-0.05, 0) is 74.1 Å². The van der Waals surface area contributed by atoms with E-state index in [2.05, 4.69) is 113 Å². The normalized spacial score (nSPS) is 11.3. The van der Waals surface area contributed by atoms with Crippen LogP contribution in [0.5, 0.6) is 0 Å². The second kappa shape index (κ2) is 11.6. The fraction of sp³-hybridized carbons (Fsp3) is 0. The minimum Gasteiger partial charge on any atom is -0.451 e. The van der Waals surface area contributed by atoms with Crippen molar-refractivity contribution in [1.82, 2.24) is 19.9 Å². The summed E-state index contributed by atoms with van der Waals surface area (Å²) in [6.07, 6.45) is 9.88. The van der Waals surface area contributed by atoms with Gasteiger partial charge in [0.15, 0.2) is 12.8 Å². The summed E-state index contributed by atoms with van der Waals surface area (Å²) in [5.41, 5.74) is 11.8. The van der Waals surface area contributed by atoms with Crippen molar-refractivity contribution in [3.05, 3.63) is 159 Å². The van der Waals surface area contributed by atoms with Crippen LogP contribution in [0.15, 0.2) is 168 Å². The maximum atomic E-state index is 5.31. The molecular weight excluding hydrogens is 592 g/mol. The van der Waals surface area contributed by atoms with Crippen LogP contribution in [-0.2, 0) is 0 Å². The van der Waals surface area contributed by atoms with Crippen LogP contribution in [0.3, 0.4) is 0 Å². The van der Waals surface area contributed by atoms with E-state index in [0.29, 0.717) is 0 Å². The van der Waals surface area contributed by atoms with Crippen LogP contribution in [0.25, 0.3) is 88.8 Å². The van der Waals surface area contributed by atoms with E-state index in [-0.39, 0.29) is 0 Å². The molecule has 0 fully saturated rings. The van der Waals surface area contributed by atoms with Gasteiger partial charge in [-0.1, -0.05) is 91.0 Å². The summed E-state index contributed by atoms with van der Waals surface area (Å²) in [6, 6.07) is 42.5. The van der Waals surface area contributed by atoms with Crippen molar-refractivity contribution in [2.45, 2.75) is 0 Å². The summed E-state index contributed by atoms with van der Waals surface area (Å²) in [4.78, 5) is 18.6. The van der Waals surface area contributed by atoms with Gasteiger partial charge >= 0.3 is 0 Å². The third-order valence-corrected chi connectivity index (χ3v) is 8.84. The standard InChI is InChI=1S/C42H26N4O2/c1-2-6-27(7-3-1)28-10-12-29(13-11-28)30-14-15-35-36(20-30)42(38-22-32(17-19-44-38)40-24-48-26-46-40)34-9-5-4-8-33(34)41(35)37-21-31(16-18-43-37)39-23-47-25-45-39/h1-26H. The zero-order chi connectivity index (χ0) is 31.9. The Hall–Kier alpha value is -6.66. The van der Waals surface area contributed by atoms with E-state index >= 15 is 0 Å². The number of hydrogen-bond donors (Lipinski definition) is 0. The molecule has 0 aliphatic carbocycles. The van der Waals surface area contributed by atoms with Gasteiger partial charge in [-0.3, -0.25) is 9.97 Å². The fourth-order valence-electron chi connectivity index (χ4n) is 6.56. The summed E-state index contributed by atoms with van der Waals surface area (Å²) in [5.74, 6) is 0. The van der Waals surface area contributed by atoms with Gasteiger partial charge in [0.25, 0.3) is 0 Å². The van der Waals surface area contributed by atoms with Crippen LogP contribution < -0.4 is 0 Å². The number of aromatic nitrogens is 4. The number of rotatable bonds is 6. The molecule has 0 unspecified atom stereocenters. The van der Waals surface area contributed by atoms with Gasteiger partial charge in [0.05, 0.1) is 11.4 Å². The lowest BCUT2D eigenvalue weighted by Gasteiger charge is -2.18. The Morgan fingerprint density at radius 1 is 0.333 bits per heavy atom. The number of nitrogens with zero attached hydrogens (tertiary/aromatic N) is 4. The first-order chi connectivity index (χ1) is 23.8. The maximum absolute atomic E-state index is 5.31. The van der Waals surface area contributed by atoms with Gasteiger partial charge in [-0.25, -0.2) is 9.97 Å². The molecule has 5 aromatic carbocycles. The SMILES string of the molecule is c1ccc(-c2ccc(-c3ccc4c(-c5cc(-c6cocn6)ccn5)c5ccccc5c(-c5cc(-c6cocn6)ccn5)c4c3)cc2)cc1. The van der Waals surface area contributed by atoms with Crippen LogP contribution in [0, 0.1) is 0 Å².